The molecule has 0 aliphatic heterocycles. The van der Waals surface area contributed by atoms with E-state index >= 15 is 0 Å². The summed E-state index contributed by atoms with van der Waals surface area (Å²) in [6.07, 6.45) is 1.84. The van der Waals surface area contributed by atoms with Gasteiger partial charge in [-0.3, -0.25) is 0 Å². The van der Waals surface area contributed by atoms with Crippen LogP contribution in [0.25, 0.3) is 50.0 Å². The van der Waals surface area contributed by atoms with Gasteiger partial charge in [-0.15, -0.1) is 0 Å². The summed E-state index contributed by atoms with van der Waals surface area (Å²) in [6, 6.07) is 40.4. The molecule has 5 nitrogen and oxygen atoms in total. The zero-order valence-electron chi connectivity index (χ0n) is 26.1. The number of nitrogens with zero attached hydrogens (tertiary/aromatic N) is 4. The quantitative estimate of drug-likeness (QED) is 0.175. The first-order valence-electron chi connectivity index (χ1n) is 15.4. The van der Waals surface area contributed by atoms with Crippen LogP contribution in [0.3, 0.4) is 0 Å². The third kappa shape index (κ3) is 4.66. The molecule has 8 rings (SSSR count). The van der Waals surface area contributed by atoms with Gasteiger partial charge in [0.25, 0.3) is 0 Å². The average molecular weight is 780 g/mol. The number of imidazole rings is 1. The second-order valence-electron chi connectivity index (χ2n) is 12.0. The van der Waals surface area contributed by atoms with E-state index in [1.807, 2.05) is 30.5 Å². The van der Waals surface area contributed by atoms with Gasteiger partial charge in [0, 0.05) is 6.20 Å². The third-order valence-electron chi connectivity index (χ3n) is 8.65. The van der Waals surface area contributed by atoms with Gasteiger partial charge >= 0.3 is 243 Å². The predicted molar refractivity (Wildman–Crippen MR) is 183 cm³/mol. The SMILES string of the molecule is Cc1cc(C)c(-n2[c](=[Pt])n(-c3cccc(Oc4ccc5c6cc(C)ccc6n(-c6ccccn6)c5c4)c3)c3ccccc32)c(C)c1. The minimum absolute atomic E-state index is 0.773. The van der Waals surface area contributed by atoms with Gasteiger partial charge in [-0.2, -0.15) is 0 Å². The van der Waals surface area contributed by atoms with Crippen molar-refractivity contribution in [3.8, 4) is 28.7 Å². The first kappa shape index (κ1) is 28.5. The van der Waals surface area contributed by atoms with Crippen molar-refractivity contribution in [3.63, 3.8) is 0 Å². The number of aromatic nitrogens is 4. The number of pyridine rings is 1. The van der Waals surface area contributed by atoms with E-state index in [1.165, 1.54) is 38.7 Å². The Hall–Kier alpha value is -4.99. The van der Waals surface area contributed by atoms with Gasteiger partial charge in [-0.05, 0) is 13.0 Å². The summed E-state index contributed by atoms with van der Waals surface area (Å²) in [6.45, 7) is 8.69. The Morgan fingerprint density at radius 3 is 2.04 bits per heavy atom. The molecule has 0 saturated heterocycles. The Morgan fingerprint density at radius 2 is 1.28 bits per heavy atom. The second kappa shape index (κ2) is 11.1. The Labute approximate surface area is 278 Å². The van der Waals surface area contributed by atoms with Crippen LogP contribution in [0.4, 0.5) is 0 Å². The van der Waals surface area contributed by atoms with Gasteiger partial charge in [0.15, 0.2) is 0 Å². The monoisotopic (exact) mass is 779 g/mol. The molecule has 0 amide bonds. The molecule has 3 heterocycles. The van der Waals surface area contributed by atoms with Crippen molar-refractivity contribution in [1.29, 1.82) is 0 Å². The van der Waals surface area contributed by atoms with Crippen molar-refractivity contribution in [1.82, 2.24) is 18.7 Å². The summed E-state index contributed by atoms with van der Waals surface area (Å²) < 4.78 is 14.6. The Kier molecular flexibility index (Phi) is 6.88. The summed E-state index contributed by atoms with van der Waals surface area (Å²) in [5.74, 6) is 2.43. The van der Waals surface area contributed by atoms with Gasteiger partial charge in [-0.1, -0.05) is 17.7 Å². The molecule has 0 unspecified atom stereocenters. The molecule has 0 aliphatic carbocycles. The molecule has 228 valence electrons. The van der Waals surface area contributed by atoms with Gasteiger partial charge < -0.3 is 0 Å². The Bertz CT molecular complexity index is 2500. The molecule has 0 saturated carbocycles. The number of benzene rings is 5. The van der Waals surface area contributed by atoms with Crippen molar-refractivity contribution in [2.45, 2.75) is 27.7 Å². The van der Waals surface area contributed by atoms with Crippen molar-refractivity contribution >= 4 is 32.8 Å². The molecule has 46 heavy (non-hydrogen) atoms. The van der Waals surface area contributed by atoms with Crippen LogP contribution in [-0.4, -0.2) is 18.7 Å². The zero-order valence-corrected chi connectivity index (χ0v) is 28.3. The third-order valence-corrected chi connectivity index (χ3v) is 9.66. The van der Waals surface area contributed by atoms with Crippen LogP contribution in [0.2, 0.25) is 0 Å². The first-order chi connectivity index (χ1) is 22.4. The van der Waals surface area contributed by atoms with Crippen molar-refractivity contribution in [2.75, 3.05) is 0 Å². The average Bonchev–Trinajstić information content (AvgIpc) is 3.52. The van der Waals surface area contributed by atoms with Crippen LogP contribution in [0, 0.1) is 31.5 Å². The number of aryl methyl sites for hydroxylation is 4. The number of hydrogen-bond acceptors (Lipinski definition) is 2. The Balaban J connectivity index is 1.25. The van der Waals surface area contributed by atoms with Gasteiger partial charge in [-0.25, -0.2) is 0 Å². The fourth-order valence-corrected chi connectivity index (χ4v) is 7.92. The van der Waals surface area contributed by atoms with E-state index in [9.17, 15) is 0 Å². The molecular weight excluding hydrogens is 748 g/mol. The van der Waals surface area contributed by atoms with Crippen LogP contribution in [-0.2, 0) is 19.4 Å². The Morgan fingerprint density at radius 1 is 0.543 bits per heavy atom. The van der Waals surface area contributed by atoms with Crippen LogP contribution >= 0.6 is 0 Å². The number of fused-ring (bicyclic) bond motifs is 4. The van der Waals surface area contributed by atoms with E-state index in [4.69, 9.17) is 9.72 Å². The van der Waals surface area contributed by atoms with Gasteiger partial charge in [0.2, 0.25) is 0 Å². The zero-order chi connectivity index (χ0) is 31.5. The van der Waals surface area contributed by atoms with E-state index in [-0.39, 0.29) is 0 Å². The fraction of sp³-hybridized carbons (Fsp3) is 0.100. The summed E-state index contributed by atoms with van der Waals surface area (Å²) >= 11 is 2.46. The molecule has 6 heteroatoms. The molecule has 0 atom stereocenters. The summed E-state index contributed by atoms with van der Waals surface area (Å²) in [5, 5.41) is 2.38. The number of ether oxygens (including phenoxy) is 1. The van der Waals surface area contributed by atoms with Crippen LogP contribution < -0.4 is 4.74 Å². The van der Waals surface area contributed by atoms with E-state index in [0.29, 0.717) is 0 Å². The second-order valence-corrected chi connectivity index (χ2v) is 13.0. The number of rotatable bonds is 5. The van der Waals surface area contributed by atoms with E-state index < -0.39 is 0 Å². The van der Waals surface area contributed by atoms with Gasteiger partial charge in [0.1, 0.15) is 0 Å². The maximum absolute atomic E-state index is 6.60. The molecule has 0 spiro atoms. The number of hydrogen-bond donors (Lipinski definition) is 0. The number of para-hydroxylation sites is 2. The molecule has 0 N–H and O–H groups in total. The first-order valence-corrected chi connectivity index (χ1v) is 16.5. The molecule has 0 fully saturated rings. The van der Waals surface area contributed by atoms with E-state index in [1.54, 1.807) is 0 Å². The standard InChI is InChI=1S/C40H32N4O.Pt/c1-26-15-18-35-34(22-26)33-17-16-32(24-38(33)44(35)39-14-7-8-19-41-39)45-31-11-9-10-30(23-31)42-25-43(37-13-6-5-12-36(37)42)40-28(3)20-27(2)21-29(40)4;/h5-24H,1-4H3;. The molecular formula is C40H32N4OPt. The van der Waals surface area contributed by atoms with Crippen LogP contribution in [0.1, 0.15) is 22.3 Å². The molecule has 8 aromatic rings. The predicted octanol–water partition coefficient (Wildman–Crippen LogP) is 10.0. The van der Waals surface area contributed by atoms with Crippen molar-refractivity contribution < 1.29 is 24.1 Å². The molecule has 0 bridgehead atoms. The molecule has 0 aliphatic rings. The van der Waals surface area contributed by atoms with Crippen molar-refractivity contribution in [2.24, 2.45) is 0 Å². The minimum atomic E-state index is 0.773. The van der Waals surface area contributed by atoms with Gasteiger partial charge in [0.05, 0.1) is 0 Å². The summed E-state index contributed by atoms with van der Waals surface area (Å²) in [4.78, 5) is 4.69. The maximum atomic E-state index is 6.60. The fourth-order valence-electron chi connectivity index (χ4n) is 6.83. The topological polar surface area (TPSA) is 36.9 Å². The summed E-state index contributed by atoms with van der Waals surface area (Å²) in [7, 11) is 0. The van der Waals surface area contributed by atoms with Crippen molar-refractivity contribution in [3.05, 3.63) is 148 Å². The van der Waals surface area contributed by atoms with Crippen LogP contribution in [0.5, 0.6) is 11.5 Å². The van der Waals surface area contributed by atoms with E-state index in [2.05, 4.69) is 152 Å². The summed E-state index contributed by atoms with van der Waals surface area (Å²) in [5.41, 5.74) is 11.8. The van der Waals surface area contributed by atoms with Crippen LogP contribution in [0.15, 0.2) is 121 Å². The van der Waals surface area contributed by atoms with E-state index in [0.717, 1.165) is 48.9 Å². The molecule has 0 radical (unpaired) electrons. The molecule has 3 aromatic heterocycles. The molecule has 5 aromatic carbocycles. The normalized spacial score (nSPS) is 11.6.